The van der Waals surface area contributed by atoms with Crippen molar-refractivity contribution >= 4 is 22.4 Å². The molecule has 39 heavy (non-hydrogen) atoms. The van der Waals surface area contributed by atoms with Crippen LogP contribution in [0, 0.1) is 56.5 Å². The van der Waals surface area contributed by atoms with Gasteiger partial charge in [-0.3, -0.25) is 10.1 Å². The van der Waals surface area contributed by atoms with Gasteiger partial charge in [0.05, 0.1) is 16.7 Å². The minimum Gasteiger partial charge on any atom is -0.393 e. The molecular weight excluding hydrogens is 492 g/mol. The predicted molar refractivity (Wildman–Crippen MR) is 151 cm³/mol. The van der Waals surface area contributed by atoms with Gasteiger partial charge in [-0.15, -0.1) is 0 Å². The molecule has 0 bridgehead atoms. The minimum absolute atomic E-state index is 0.0836. The lowest BCUT2D eigenvalue weighted by Gasteiger charge is -2.58. The number of allylic oxidation sites excluding steroid dienone is 1. The SMILES string of the molecule is CC(C)C(Nc1ccc([N+](=O)[O-])c2nonc12)[C@@H](C)[C@H]1CC[C@H]2[C@@H]3CC=C4C[C@@H](O)CC[C@]4(C)[C@H]3CC[C@]12C. The third kappa shape index (κ3) is 4.11. The number of non-ortho nitro benzene ring substituents is 1. The van der Waals surface area contributed by atoms with Gasteiger partial charge in [-0.2, -0.15) is 0 Å². The molecule has 6 rings (SSSR count). The van der Waals surface area contributed by atoms with E-state index in [2.05, 4.69) is 56.3 Å². The van der Waals surface area contributed by atoms with Gasteiger partial charge in [-0.1, -0.05) is 46.3 Å². The number of benzene rings is 1. The van der Waals surface area contributed by atoms with E-state index in [1.165, 1.54) is 43.7 Å². The fraction of sp³-hybridized carbons (Fsp3) is 0.742. The summed E-state index contributed by atoms with van der Waals surface area (Å²) in [5.41, 5.74) is 3.40. The molecule has 3 saturated carbocycles. The second kappa shape index (κ2) is 9.57. The van der Waals surface area contributed by atoms with Crippen LogP contribution in [0.4, 0.5) is 11.4 Å². The number of nitrogens with one attached hydrogen (secondary N) is 1. The number of aliphatic hydroxyl groups is 1. The van der Waals surface area contributed by atoms with Crippen LogP contribution in [0.15, 0.2) is 28.4 Å². The number of aliphatic hydroxyl groups excluding tert-OH is 1. The molecule has 8 heteroatoms. The van der Waals surface area contributed by atoms with Crippen molar-refractivity contribution in [1.29, 1.82) is 0 Å². The summed E-state index contributed by atoms with van der Waals surface area (Å²) in [4.78, 5) is 11.0. The lowest BCUT2D eigenvalue weighted by molar-refractivity contribution is -0.383. The maximum Gasteiger partial charge on any atom is 0.300 e. The monoisotopic (exact) mass is 536 g/mol. The van der Waals surface area contributed by atoms with Crippen LogP contribution in [-0.2, 0) is 0 Å². The summed E-state index contributed by atoms with van der Waals surface area (Å²) < 4.78 is 4.92. The highest BCUT2D eigenvalue weighted by Gasteiger charge is 2.59. The van der Waals surface area contributed by atoms with Crippen LogP contribution in [0.3, 0.4) is 0 Å². The van der Waals surface area contributed by atoms with E-state index < -0.39 is 4.92 Å². The van der Waals surface area contributed by atoms with E-state index in [1.807, 2.05) is 0 Å². The Hall–Kier alpha value is -2.48. The van der Waals surface area contributed by atoms with Crippen LogP contribution < -0.4 is 5.32 Å². The number of hydrogen-bond donors (Lipinski definition) is 2. The fourth-order valence-electron chi connectivity index (χ4n) is 10.00. The van der Waals surface area contributed by atoms with Crippen LogP contribution >= 0.6 is 0 Å². The van der Waals surface area contributed by atoms with Gasteiger partial charge >= 0.3 is 5.69 Å². The predicted octanol–water partition coefficient (Wildman–Crippen LogP) is 7.14. The van der Waals surface area contributed by atoms with Gasteiger partial charge < -0.3 is 10.4 Å². The molecule has 1 aromatic heterocycles. The summed E-state index contributed by atoms with van der Waals surface area (Å²) in [5.74, 6) is 3.63. The topological polar surface area (TPSA) is 114 Å². The first-order valence-corrected chi connectivity index (χ1v) is 15.1. The standard InChI is InChI=1S/C31H44N4O4/c1-17(2)27(32-25-10-11-26(35(37)38)29-28(25)33-39-34-29)18(3)22-8-9-23-21-7-6-19-16-20(36)12-14-30(19,4)24(21)13-15-31(22,23)5/h6,10-11,17-18,20-24,27,32,36H,7-9,12-16H2,1-5H3/t18-,20-,21-,22+,23-,24-,27?,30-,31+/m0/s1. The number of nitrogens with zero attached hydrogens (tertiary/aromatic N) is 3. The van der Waals surface area contributed by atoms with Crippen LogP contribution in [0.25, 0.3) is 11.0 Å². The first-order valence-electron chi connectivity index (χ1n) is 15.1. The highest BCUT2D eigenvalue weighted by Crippen LogP contribution is 2.67. The van der Waals surface area contributed by atoms with E-state index in [0.717, 1.165) is 42.7 Å². The van der Waals surface area contributed by atoms with Crippen molar-refractivity contribution < 1.29 is 14.7 Å². The van der Waals surface area contributed by atoms with E-state index in [1.54, 1.807) is 6.07 Å². The Bertz CT molecular complexity index is 1290. The van der Waals surface area contributed by atoms with Gasteiger partial charge in [0.1, 0.15) is 0 Å². The molecule has 1 heterocycles. The largest absolute Gasteiger partial charge is 0.393 e. The normalized spacial score (nSPS) is 37.5. The quantitative estimate of drug-likeness (QED) is 0.229. The maximum atomic E-state index is 11.5. The number of anilines is 1. The van der Waals surface area contributed by atoms with Gasteiger partial charge in [-0.05, 0) is 114 Å². The van der Waals surface area contributed by atoms with Crippen LogP contribution in [-0.4, -0.2) is 32.5 Å². The van der Waals surface area contributed by atoms with Crippen molar-refractivity contribution in [2.45, 2.75) is 98.1 Å². The molecule has 1 unspecified atom stereocenters. The van der Waals surface area contributed by atoms with Gasteiger partial charge in [0.2, 0.25) is 5.52 Å². The number of hydrogen-bond acceptors (Lipinski definition) is 7. The molecule has 1 aromatic carbocycles. The Morgan fingerprint density at radius 2 is 1.85 bits per heavy atom. The third-order valence-corrected chi connectivity index (χ3v) is 12.0. The molecule has 2 aromatic rings. The summed E-state index contributed by atoms with van der Waals surface area (Å²) in [6.45, 7) is 12.0. The maximum absolute atomic E-state index is 11.5. The molecule has 212 valence electrons. The Kier molecular flexibility index (Phi) is 6.56. The molecule has 9 atom stereocenters. The van der Waals surface area contributed by atoms with Crippen LogP contribution in [0.5, 0.6) is 0 Å². The average Bonchev–Trinajstić information content (AvgIpc) is 3.51. The van der Waals surface area contributed by atoms with Crippen molar-refractivity contribution in [3.63, 3.8) is 0 Å². The average molecular weight is 537 g/mol. The van der Waals surface area contributed by atoms with Crippen molar-refractivity contribution in [1.82, 2.24) is 10.3 Å². The molecule has 0 spiro atoms. The van der Waals surface area contributed by atoms with Crippen molar-refractivity contribution in [3.8, 4) is 0 Å². The fourth-order valence-corrected chi connectivity index (χ4v) is 10.00. The van der Waals surface area contributed by atoms with Gasteiger partial charge in [0.15, 0.2) is 5.52 Å². The van der Waals surface area contributed by atoms with Gasteiger partial charge in [0, 0.05) is 12.1 Å². The number of fused-ring (bicyclic) bond motifs is 6. The second-order valence-corrected chi connectivity index (χ2v) is 14.0. The summed E-state index contributed by atoms with van der Waals surface area (Å²) in [6, 6.07) is 3.45. The third-order valence-electron chi connectivity index (χ3n) is 12.0. The molecule has 0 aliphatic heterocycles. The number of nitro benzene ring substituents is 1. The Morgan fingerprint density at radius 3 is 2.59 bits per heavy atom. The van der Waals surface area contributed by atoms with E-state index in [-0.39, 0.29) is 28.8 Å². The first-order chi connectivity index (χ1) is 18.5. The Labute approximate surface area is 231 Å². The summed E-state index contributed by atoms with van der Waals surface area (Å²) in [5, 5.41) is 33.4. The first kappa shape index (κ1) is 26.7. The molecule has 0 saturated heterocycles. The zero-order valence-corrected chi connectivity index (χ0v) is 24.0. The minimum atomic E-state index is -0.437. The van der Waals surface area contributed by atoms with Crippen molar-refractivity contribution in [3.05, 3.63) is 33.9 Å². The highest BCUT2D eigenvalue weighted by molar-refractivity contribution is 5.93. The van der Waals surface area contributed by atoms with Crippen molar-refractivity contribution in [2.24, 2.45) is 46.3 Å². The van der Waals surface area contributed by atoms with E-state index >= 15 is 0 Å². The smallest absolute Gasteiger partial charge is 0.300 e. The molecule has 0 amide bonds. The zero-order chi connectivity index (χ0) is 27.7. The number of nitro groups is 1. The van der Waals surface area contributed by atoms with E-state index in [9.17, 15) is 15.2 Å². The zero-order valence-electron chi connectivity index (χ0n) is 24.0. The van der Waals surface area contributed by atoms with Crippen molar-refractivity contribution in [2.75, 3.05) is 5.32 Å². The molecular formula is C31H44N4O4. The lowest BCUT2D eigenvalue weighted by Crippen LogP contribution is -2.51. The summed E-state index contributed by atoms with van der Waals surface area (Å²) >= 11 is 0. The Balaban J connectivity index is 1.25. The summed E-state index contributed by atoms with van der Waals surface area (Å²) in [6.07, 6.45) is 11.6. The molecule has 2 N–H and O–H groups in total. The van der Waals surface area contributed by atoms with Gasteiger partial charge in [0.25, 0.3) is 0 Å². The number of aromatic nitrogens is 2. The number of rotatable bonds is 6. The lowest BCUT2D eigenvalue weighted by atomic mass is 9.47. The molecule has 0 radical (unpaired) electrons. The van der Waals surface area contributed by atoms with Crippen LogP contribution in [0.1, 0.15) is 86.0 Å². The second-order valence-electron chi connectivity index (χ2n) is 14.0. The van der Waals surface area contributed by atoms with E-state index in [4.69, 9.17) is 4.63 Å². The van der Waals surface area contributed by atoms with E-state index in [0.29, 0.717) is 28.7 Å². The van der Waals surface area contributed by atoms with Gasteiger partial charge in [-0.25, -0.2) is 4.63 Å². The molecule has 4 aliphatic rings. The van der Waals surface area contributed by atoms with Crippen LogP contribution in [0.2, 0.25) is 0 Å². The summed E-state index contributed by atoms with van der Waals surface area (Å²) in [7, 11) is 0. The highest BCUT2D eigenvalue weighted by atomic mass is 16.6. The molecule has 8 nitrogen and oxygen atoms in total. The molecule has 4 aliphatic carbocycles. The Morgan fingerprint density at radius 1 is 1.08 bits per heavy atom. The molecule has 3 fully saturated rings.